The standard InChI is InChI=1S/C14H18N2O3S/c1-14(8-2-10-19-14)11-16-20(17,18)13-5-3-12(4-6-13)7-9-15/h3-6,16H,2,7-8,10-11H2,1H3. The maximum absolute atomic E-state index is 12.2. The smallest absolute Gasteiger partial charge is 0.240 e. The van der Waals surface area contributed by atoms with Crippen LogP contribution in [0, 0.1) is 11.3 Å². The molecule has 1 atom stereocenters. The minimum atomic E-state index is -3.53. The second kappa shape index (κ2) is 5.92. The number of benzene rings is 1. The Balaban J connectivity index is 2.04. The molecule has 1 N–H and O–H groups in total. The Morgan fingerprint density at radius 1 is 1.40 bits per heavy atom. The number of hydrogen-bond donors (Lipinski definition) is 1. The highest BCUT2D eigenvalue weighted by molar-refractivity contribution is 7.89. The van der Waals surface area contributed by atoms with Gasteiger partial charge in [0.15, 0.2) is 0 Å². The molecule has 0 spiro atoms. The van der Waals surface area contributed by atoms with Crippen molar-refractivity contribution in [3.8, 4) is 6.07 Å². The summed E-state index contributed by atoms with van der Waals surface area (Å²) in [6, 6.07) is 8.39. The molecule has 1 aromatic carbocycles. The number of sulfonamides is 1. The van der Waals surface area contributed by atoms with E-state index in [1.807, 2.05) is 13.0 Å². The second-order valence-corrected chi connectivity index (χ2v) is 6.97. The van der Waals surface area contributed by atoms with E-state index in [2.05, 4.69) is 4.72 Å². The van der Waals surface area contributed by atoms with Gasteiger partial charge < -0.3 is 4.74 Å². The lowest BCUT2D eigenvalue weighted by Crippen LogP contribution is -2.40. The molecule has 1 aliphatic rings. The summed E-state index contributed by atoms with van der Waals surface area (Å²) < 4.78 is 32.5. The average molecular weight is 294 g/mol. The molecule has 1 unspecified atom stereocenters. The first kappa shape index (κ1) is 15.0. The summed E-state index contributed by atoms with van der Waals surface area (Å²) in [5, 5.41) is 8.59. The van der Waals surface area contributed by atoms with Gasteiger partial charge in [-0.1, -0.05) is 12.1 Å². The fraction of sp³-hybridized carbons (Fsp3) is 0.500. The molecule has 0 saturated carbocycles. The molecule has 0 aromatic heterocycles. The van der Waals surface area contributed by atoms with Crippen molar-refractivity contribution in [2.24, 2.45) is 0 Å². The summed E-state index contributed by atoms with van der Waals surface area (Å²) in [5.41, 5.74) is 0.394. The van der Waals surface area contributed by atoms with Crippen molar-refractivity contribution >= 4 is 10.0 Å². The Bertz CT molecular complexity index is 596. The quantitative estimate of drug-likeness (QED) is 0.894. The Hall–Kier alpha value is -1.42. The Kier molecular flexibility index (Phi) is 4.43. The van der Waals surface area contributed by atoms with E-state index in [0.29, 0.717) is 6.61 Å². The largest absolute Gasteiger partial charge is 0.374 e. The third kappa shape index (κ3) is 3.57. The number of rotatable bonds is 5. The van der Waals surface area contributed by atoms with E-state index in [-0.39, 0.29) is 17.9 Å². The van der Waals surface area contributed by atoms with Gasteiger partial charge in [-0.3, -0.25) is 0 Å². The van der Waals surface area contributed by atoms with Crippen LogP contribution in [0.1, 0.15) is 25.3 Å². The monoisotopic (exact) mass is 294 g/mol. The van der Waals surface area contributed by atoms with Gasteiger partial charge >= 0.3 is 0 Å². The molecular formula is C14H18N2O3S. The minimum absolute atomic E-state index is 0.209. The molecule has 0 bridgehead atoms. The van der Waals surface area contributed by atoms with Gasteiger partial charge in [0.05, 0.1) is 23.0 Å². The predicted octanol–water partition coefficient (Wildman–Crippen LogP) is 1.60. The van der Waals surface area contributed by atoms with Crippen molar-refractivity contribution in [1.82, 2.24) is 4.72 Å². The van der Waals surface area contributed by atoms with Crippen molar-refractivity contribution in [3.63, 3.8) is 0 Å². The Labute approximate surface area is 119 Å². The van der Waals surface area contributed by atoms with Crippen molar-refractivity contribution in [3.05, 3.63) is 29.8 Å². The van der Waals surface area contributed by atoms with Crippen LogP contribution < -0.4 is 4.72 Å². The maximum Gasteiger partial charge on any atom is 0.240 e. The number of hydrogen-bond acceptors (Lipinski definition) is 4. The van der Waals surface area contributed by atoms with Crippen molar-refractivity contribution in [2.75, 3.05) is 13.2 Å². The van der Waals surface area contributed by atoms with Gasteiger partial charge in [-0.05, 0) is 37.5 Å². The van der Waals surface area contributed by atoms with Gasteiger partial charge in [-0.25, -0.2) is 13.1 Å². The molecule has 2 rings (SSSR count). The fourth-order valence-electron chi connectivity index (χ4n) is 2.19. The predicted molar refractivity (Wildman–Crippen MR) is 74.5 cm³/mol. The summed E-state index contributed by atoms with van der Waals surface area (Å²) in [6.07, 6.45) is 2.09. The number of nitrogens with one attached hydrogen (secondary N) is 1. The van der Waals surface area contributed by atoms with Crippen LogP contribution >= 0.6 is 0 Å². The first-order valence-corrected chi connectivity index (χ1v) is 8.03. The van der Waals surface area contributed by atoms with Crippen molar-refractivity contribution in [1.29, 1.82) is 5.26 Å². The first-order chi connectivity index (χ1) is 9.45. The van der Waals surface area contributed by atoms with Crippen LogP contribution in [-0.4, -0.2) is 27.2 Å². The van der Waals surface area contributed by atoms with E-state index < -0.39 is 15.6 Å². The average Bonchev–Trinajstić information content (AvgIpc) is 2.85. The molecule has 0 amide bonds. The summed E-state index contributed by atoms with van der Waals surface area (Å²) >= 11 is 0. The zero-order valence-electron chi connectivity index (χ0n) is 11.4. The molecule has 0 aliphatic carbocycles. The van der Waals surface area contributed by atoms with Crippen LogP contribution in [0.15, 0.2) is 29.2 Å². The number of nitrogens with zero attached hydrogens (tertiary/aromatic N) is 1. The van der Waals surface area contributed by atoms with E-state index in [0.717, 1.165) is 18.4 Å². The summed E-state index contributed by atoms with van der Waals surface area (Å²) in [4.78, 5) is 0.209. The molecule has 6 heteroatoms. The molecule has 1 aromatic rings. The summed E-state index contributed by atoms with van der Waals surface area (Å²) in [7, 11) is -3.53. The molecule has 1 aliphatic heterocycles. The topological polar surface area (TPSA) is 79.2 Å². The SMILES string of the molecule is CC1(CNS(=O)(=O)c2ccc(CC#N)cc2)CCCO1. The lowest BCUT2D eigenvalue weighted by atomic mass is 10.0. The van der Waals surface area contributed by atoms with Gasteiger partial charge in [0.25, 0.3) is 0 Å². The molecular weight excluding hydrogens is 276 g/mol. The summed E-state index contributed by atoms with van der Waals surface area (Å²) in [6.45, 7) is 2.87. The fourth-order valence-corrected chi connectivity index (χ4v) is 3.34. The zero-order valence-corrected chi connectivity index (χ0v) is 12.2. The van der Waals surface area contributed by atoms with E-state index in [1.54, 1.807) is 12.1 Å². The van der Waals surface area contributed by atoms with E-state index in [1.165, 1.54) is 12.1 Å². The van der Waals surface area contributed by atoms with Crippen LogP contribution in [0.3, 0.4) is 0 Å². The lowest BCUT2D eigenvalue weighted by Gasteiger charge is -2.23. The maximum atomic E-state index is 12.2. The molecule has 108 valence electrons. The molecule has 20 heavy (non-hydrogen) atoms. The highest BCUT2D eigenvalue weighted by atomic mass is 32.2. The van der Waals surface area contributed by atoms with Crippen LogP contribution in [0.4, 0.5) is 0 Å². The van der Waals surface area contributed by atoms with Gasteiger partial charge in [-0.2, -0.15) is 5.26 Å². The van der Waals surface area contributed by atoms with E-state index >= 15 is 0 Å². The van der Waals surface area contributed by atoms with Crippen LogP contribution in [0.2, 0.25) is 0 Å². The van der Waals surface area contributed by atoms with Gasteiger partial charge in [-0.15, -0.1) is 0 Å². The van der Waals surface area contributed by atoms with Gasteiger partial charge in [0.2, 0.25) is 10.0 Å². The highest BCUT2D eigenvalue weighted by Crippen LogP contribution is 2.24. The second-order valence-electron chi connectivity index (χ2n) is 5.21. The molecule has 1 saturated heterocycles. The third-order valence-corrected chi connectivity index (χ3v) is 4.87. The lowest BCUT2D eigenvalue weighted by molar-refractivity contribution is 0.0250. The van der Waals surface area contributed by atoms with Gasteiger partial charge in [0.1, 0.15) is 0 Å². The van der Waals surface area contributed by atoms with Crippen LogP contribution in [0.25, 0.3) is 0 Å². The van der Waals surface area contributed by atoms with Crippen molar-refractivity contribution in [2.45, 2.75) is 36.7 Å². The van der Waals surface area contributed by atoms with Crippen LogP contribution in [0.5, 0.6) is 0 Å². The number of ether oxygens (including phenoxy) is 1. The Morgan fingerprint density at radius 3 is 2.65 bits per heavy atom. The molecule has 1 heterocycles. The van der Waals surface area contributed by atoms with Gasteiger partial charge in [0, 0.05) is 13.2 Å². The van der Waals surface area contributed by atoms with Crippen LogP contribution in [-0.2, 0) is 21.2 Å². The number of nitriles is 1. The molecule has 0 radical (unpaired) electrons. The molecule has 5 nitrogen and oxygen atoms in total. The third-order valence-electron chi connectivity index (χ3n) is 3.45. The highest BCUT2D eigenvalue weighted by Gasteiger charge is 2.31. The summed E-state index contributed by atoms with van der Waals surface area (Å²) in [5.74, 6) is 0. The van der Waals surface area contributed by atoms with Crippen molar-refractivity contribution < 1.29 is 13.2 Å². The zero-order chi connectivity index (χ0) is 14.6. The van der Waals surface area contributed by atoms with E-state index in [9.17, 15) is 8.42 Å². The Morgan fingerprint density at radius 2 is 2.10 bits per heavy atom. The normalized spacial score (nSPS) is 22.6. The van der Waals surface area contributed by atoms with E-state index in [4.69, 9.17) is 10.00 Å². The first-order valence-electron chi connectivity index (χ1n) is 6.55. The minimum Gasteiger partial charge on any atom is -0.374 e. The molecule has 1 fully saturated rings.